The maximum Gasteiger partial charge on any atom is 0.272 e. The van der Waals surface area contributed by atoms with Crippen LogP contribution in [0.2, 0.25) is 0 Å². The molecule has 0 unspecified atom stereocenters. The summed E-state index contributed by atoms with van der Waals surface area (Å²) in [4.78, 5) is 25.8. The molecular formula is C24H32N4O5S. The van der Waals surface area contributed by atoms with Crippen LogP contribution in [-0.4, -0.2) is 48.6 Å². The summed E-state index contributed by atoms with van der Waals surface area (Å²) in [7, 11) is -3.50. The summed E-state index contributed by atoms with van der Waals surface area (Å²) >= 11 is 0. The predicted molar refractivity (Wildman–Crippen MR) is 129 cm³/mol. The Bertz CT molecular complexity index is 1220. The van der Waals surface area contributed by atoms with Crippen molar-refractivity contribution in [2.45, 2.75) is 64.5 Å². The minimum Gasteiger partial charge on any atom is -0.494 e. The summed E-state index contributed by atoms with van der Waals surface area (Å²) in [5, 5.41) is 10.6. The number of carbonyl (C=O) groups excluding carboxylic acids is 2. The lowest BCUT2D eigenvalue weighted by Gasteiger charge is -2.36. The van der Waals surface area contributed by atoms with Gasteiger partial charge in [0.25, 0.3) is 5.91 Å². The molecule has 34 heavy (non-hydrogen) atoms. The van der Waals surface area contributed by atoms with Crippen LogP contribution in [0.3, 0.4) is 0 Å². The molecule has 184 valence electrons. The average Bonchev–Trinajstić information content (AvgIpc) is 3.25. The van der Waals surface area contributed by atoms with Crippen LogP contribution in [0, 0.1) is 0 Å². The highest BCUT2D eigenvalue weighted by Gasteiger charge is 2.46. The highest BCUT2D eigenvalue weighted by atomic mass is 32.2. The van der Waals surface area contributed by atoms with Gasteiger partial charge in [0, 0.05) is 6.26 Å². The predicted octanol–water partition coefficient (Wildman–Crippen LogP) is 2.58. The van der Waals surface area contributed by atoms with Crippen molar-refractivity contribution in [2.24, 2.45) is 0 Å². The van der Waals surface area contributed by atoms with Crippen molar-refractivity contribution in [3.63, 3.8) is 0 Å². The number of aromatic nitrogens is 2. The fourth-order valence-electron chi connectivity index (χ4n) is 4.97. The van der Waals surface area contributed by atoms with Gasteiger partial charge in [0.2, 0.25) is 5.91 Å². The standard InChI is InChI=1S/C24H32N4O5S/c1-4-6-7-8-19-21(25-20(29)14-34(3,31)32)22-23(30)26-24(15-28(22)27-19)12-11-16-13-17(33-5-2)9-10-18(16)24/h9-10,13H,4-8,11-12,14-15H2,1-3H3,(H,25,29)(H,26,30)/t24-/m0/s1. The first-order valence-corrected chi connectivity index (χ1v) is 13.9. The molecule has 2 heterocycles. The molecule has 9 nitrogen and oxygen atoms in total. The quantitative estimate of drug-likeness (QED) is 0.524. The summed E-state index contributed by atoms with van der Waals surface area (Å²) < 4.78 is 30.5. The SMILES string of the molecule is CCCCCc1nn2c(c1NC(=O)CS(C)(=O)=O)C(=O)N[C@@]1(CCc3cc(OCC)ccc31)C2. The van der Waals surface area contributed by atoms with Gasteiger partial charge in [-0.3, -0.25) is 14.3 Å². The van der Waals surface area contributed by atoms with E-state index in [-0.39, 0.29) is 11.6 Å². The summed E-state index contributed by atoms with van der Waals surface area (Å²) in [5.74, 6) is -0.823. The van der Waals surface area contributed by atoms with Crippen molar-refractivity contribution in [1.82, 2.24) is 15.1 Å². The van der Waals surface area contributed by atoms with Crippen LogP contribution in [0.4, 0.5) is 5.69 Å². The van der Waals surface area contributed by atoms with Crippen molar-refractivity contribution in [3.05, 3.63) is 40.7 Å². The number of rotatable bonds is 9. The Labute approximate surface area is 200 Å². The number of nitrogens with zero attached hydrogens (tertiary/aromatic N) is 2. The molecule has 4 rings (SSSR count). The first kappa shape index (κ1) is 24.3. The Morgan fingerprint density at radius 1 is 1.29 bits per heavy atom. The van der Waals surface area contributed by atoms with E-state index in [2.05, 4.69) is 17.6 Å². The maximum atomic E-state index is 13.4. The number of carbonyl (C=O) groups is 2. The van der Waals surface area contributed by atoms with E-state index in [0.29, 0.717) is 31.0 Å². The lowest BCUT2D eigenvalue weighted by molar-refractivity contribution is -0.113. The molecule has 1 atom stereocenters. The van der Waals surface area contributed by atoms with E-state index in [1.165, 1.54) is 0 Å². The third-order valence-electron chi connectivity index (χ3n) is 6.41. The molecule has 0 saturated heterocycles. The third-order valence-corrected chi connectivity index (χ3v) is 7.20. The lowest BCUT2D eigenvalue weighted by atomic mass is 9.89. The smallest absolute Gasteiger partial charge is 0.272 e. The molecule has 1 aromatic carbocycles. The van der Waals surface area contributed by atoms with Gasteiger partial charge < -0.3 is 15.4 Å². The van der Waals surface area contributed by atoms with Crippen molar-refractivity contribution in [2.75, 3.05) is 23.9 Å². The number of sulfone groups is 1. The van der Waals surface area contributed by atoms with E-state index >= 15 is 0 Å². The van der Waals surface area contributed by atoms with Gasteiger partial charge in [0.05, 0.1) is 30.1 Å². The van der Waals surface area contributed by atoms with Crippen molar-refractivity contribution < 1.29 is 22.7 Å². The molecule has 1 aliphatic heterocycles. The molecule has 2 N–H and O–H groups in total. The lowest BCUT2D eigenvalue weighted by Crippen LogP contribution is -2.52. The second kappa shape index (κ2) is 9.40. The van der Waals surface area contributed by atoms with E-state index in [0.717, 1.165) is 55.2 Å². The van der Waals surface area contributed by atoms with Gasteiger partial charge in [0.15, 0.2) is 9.84 Å². The fourth-order valence-corrected chi connectivity index (χ4v) is 5.52. The number of fused-ring (bicyclic) bond motifs is 3. The molecule has 0 fully saturated rings. The number of nitrogens with one attached hydrogen (secondary N) is 2. The normalized spacial score (nSPS) is 19.0. The molecule has 2 aromatic rings. The zero-order valence-corrected chi connectivity index (χ0v) is 20.8. The largest absolute Gasteiger partial charge is 0.494 e. The van der Waals surface area contributed by atoms with Crippen LogP contribution in [0.15, 0.2) is 18.2 Å². The van der Waals surface area contributed by atoms with Crippen LogP contribution < -0.4 is 15.4 Å². The molecule has 1 aliphatic carbocycles. The van der Waals surface area contributed by atoms with E-state index < -0.39 is 27.0 Å². The topological polar surface area (TPSA) is 119 Å². The highest BCUT2D eigenvalue weighted by molar-refractivity contribution is 7.91. The van der Waals surface area contributed by atoms with E-state index in [1.54, 1.807) is 4.68 Å². The van der Waals surface area contributed by atoms with Crippen molar-refractivity contribution >= 4 is 27.3 Å². The number of benzene rings is 1. The van der Waals surface area contributed by atoms with Gasteiger partial charge in [-0.05, 0) is 55.9 Å². The van der Waals surface area contributed by atoms with Gasteiger partial charge in [-0.2, -0.15) is 5.10 Å². The monoisotopic (exact) mass is 488 g/mol. The molecular weight excluding hydrogens is 456 g/mol. The molecule has 2 amide bonds. The molecule has 0 saturated carbocycles. The van der Waals surface area contributed by atoms with Crippen molar-refractivity contribution in [3.8, 4) is 5.75 Å². The molecule has 10 heteroatoms. The minimum absolute atomic E-state index is 0.276. The van der Waals surface area contributed by atoms with Gasteiger partial charge in [0.1, 0.15) is 17.2 Å². The number of anilines is 1. The average molecular weight is 489 g/mol. The number of unbranched alkanes of at least 4 members (excludes halogenated alkanes) is 2. The van der Waals surface area contributed by atoms with E-state index in [1.807, 2.05) is 25.1 Å². The molecule has 2 aliphatic rings. The summed E-state index contributed by atoms with van der Waals surface area (Å²) in [6.07, 6.45) is 6.03. The first-order valence-electron chi connectivity index (χ1n) is 11.8. The number of hydrogen-bond donors (Lipinski definition) is 2. The second-order valence-corrected chi connectivity index (χ2v) is 11.3. The number of aryl methyl sites for hydroxylation is 2. The summed E-state index contributed by atoms with van der Waals surface area (Å²) in [5.41, 5.74) is 2.83. The van der Waals surface area contributed by atoms with E-state index in [4.69, 9.17) is 9.84 Å². The van der Waals surface area contributed by atoms with Crippen LogP contribution in [0.25, 0.3) is 0 Å². The van der Waals surface area contributed by atoms with Crippen LogP contribution in [-0.2, 0) is 39.6 Å². The second-order valence-electron chi connectivity index (χ2n) is 9.19. The van der Waals surface area contributed by atoms with Gasteiger partial charge in [-0.15, -0.1) is 0 Å². The van der Waals surface area contributed by atoms with Crippen LogP contribution in [0.5, 0.6) is 5.75 Å². The Balaban J connectivity index is 1.68. The number of amides is 2. The number of ether oxygens (including phenoxy) is 1. The Kier molecular flexibility index (Phi) is 6.71. The Morgan fingerprint density at radius 3 is 2.79 bits per heavy atom. The number of hydrogen-bond acceptors (Lipinski definition) is 6. The van der Waals surface area contributed by atoms with Crippen LogP contribution >= 0.6 is 0 Å². The first-order chi connectivity index (χ1) is 16.2. The third kappa shape index (κ3) is 4.82. The highest BCUT2D eigenvalue weighted by Crippen LogP contribution is 2.43. The summed E-state index contributed by atoms with van der Waals surface area (Å²) in [6.45, 7) is 5.07. The zero-order valence-electron chi connectivity index (χ0n) is 19.9. The summed E-state index contributed by atoms with van der Waals surface area (Å²) in [6, 6.07) is 5.97. The molecule has 1 spiro atoms. The molecule has 0 radical (unpaired) electrons. The van der Waals surface area contributed by atoms with Crippen molar-refractivity contribution in [1.29, 1.82) is 0 Å². The molecule has 0 bridgehead atoms. The zero-order chi connectivity index (χ0) is 24.5. The van der Waals surface area contributed by atoms with E-state index in [9.17, 15) is 18.0 Å². The molecule has 1 aromatic heterocycles. The van der Waals surface area contributed by atoms with Crippen LogP contribution in [0.1, 0.15) is 66.8 Å². The Morgan fingerprint density at radius 2 is 2.09 bits per heavy atom. The van der Waals surface area contributed by atoms with Gasteiger partial charge >= 0.3 is 0 Å². The fraction of sp³-hybridized carbons (Fsp3) is 0.542. The van der Waals surface area contributed by atoms with Gasteiger partial charge in [-0.1, -0.05) is 25.8 Å². The maximum absolute atomic E-state index is 13.4. The van der Waals surface area contributed by atoms with Gasteiger partial charge in [-0.25, -0.2) is 8.42 Å². The Hall–Kier alpha value is -2.88. The minimum atomic E-state index is -3.50.